The molecule has 0 bridgehead atoms. The van der Waals surface area contributed by atoms with Gasteiger partial charge >= 0.3 is 5.97 Å². The molecule has 0 aliphatic carbocycles. The predicted octanol–water partition coefficient (Wildman–Crippen LogP) is 1.65. The number of aromatic carboxylic acids is 1. The van der Waals surface area contributed by atoms with E-state index in [1.165, 1.54) is 0 Å². The molecule has 0 spiro atoms. The van der Waals surface area contributed by atoms with Crippen molar-refractivity contribution in [2.75, 3.05) is 6.61 Å². The lowest BCUT2D eigenvalue weighted by Gasteiger charge is -2.28. The zero-order chi connectivity index (χ0) is 13.6. The number of hydrogen-bond donors (Lipinski definition) is 1. The molecule has 1 aromatic heterocycles. The highest BCUT2D eigenvalue weighted by atomic mass is 16.5. The van der Waals surface area contributed by atoms with Crippen LogP contribution in [0.2, 0.25) is 0 Å². The second-order valence-electron chi connectivity index (χ2n) is 5.13. The maximum Gasteiger partial charge on any atom is 0.335 e. The predicted molar refractivity (Wildman–Crippen MR) is 68.2 cm³/mol. The number of hydrogen-bond acceptors (Lipinski definition) is 4. The third-order valence-corrected chi connectivity index (χ3v) is 4.03. The van der Waals surface area contributed by atoms with Gasteiger partial charge in [0.2, 0.25) is 0 Å². The SMILES string of the molecule is CC1OCCC1(C)n1nnc2cc(C(=O)O)ccc21. The van der Waals surface area contributed by atoms with Crippen molar-refractivity contribution in [1.82, 2.24) is 15.0 Å². The number of ether oxygens (including phenoxy) is 1. The summed E-state index contributed by atoms with van der Waals surface area (Å²) in [5, 5.41) is 17.3. The van der Waals surface area contributed by atoms with Gasteiger partial charge < -0.3 is 9.84 Å². The Labute approximate surface area is 110 Å². The van der Waals surface area contributed by atoms with E-state index in [-0.39, 0.29) is 17.2 Å². The Kier molecular flexibility index (Phi) is 2.56. The van der Waals surface area contributed by atoms with Gasteiger partial charge in [0, 0.05) is 6.61 Å². The second-order valence-corrected chi connectivity index (χ2v) is 5.13. The summed E-state index contributed by atoms with van der Waals surface area (Å²) < 4.78 is 7.47. The molecule has 1 N–H and O–H groups in total. The fourth-order valence-corrected chi connectivity index (χ4v) is 2.54. The van der Waals surface area contributed by atoms with E-state index in [1.54, 1.807) is 18.2 Å². The number of carbonyl (C=O) groups is 1. The van der Waals surface area contributed by atoms with Crippen LogP contribution in [0.5, 0.6) is 0 Å². The van der Waals surface area contributed by atoms with Crippen LogP contribution in [-0.4, -0.2) is 38.8 Å². The molecular weight excluding hydrogens is 246 g/mol. The Bertz CT molecular complexity index is 652. The zero-order valence-electron chi connectivity index (χ0n) is 10.8. The van der Waals surface area contributed by atoms with Crippen molar-refractivity contribution < 1.29 is 14.6 Å². The van der Waals surface area contributed by atoms with Crippen molar-refractivity contribution in [3.63, 3.8) is 0 Å². The van der Waals surface area contributed by atoms with Crippen LogP contribution in [0, 0.1) is 0 Å². The van der Waals surface area contributed by atoms with Crippen molar-refractivity contribution in [3.8, 4) is 0 Å². The molecule has 6 nitrogen and oxygen atoms in total. The third kappa shape index (κ3) is 1.71. The van der Waals surface area contributed by atoms with Crippen molar-refractivity contribution in [1.29, 1.82) is 0 Å². The van der Waals surface area contributed by atoms with Crippen LogP contribution < -0.4 is 0 Å². The van der Waals surface area contributed by atoms with Gasteiger partial charge in [-0.2, -0.15) is 0 Å². The van der Waals surface area contributed by atoms with Gasteiger partial charge in [-0.25, -0.2) is 9.48 Å². The Morgan fingerprint density at radius 1 is 1.58 bits per heavy atom. The number of carboxylic acids is 1. The van der Waals surface area contributed by atoms with Gasteiger partial charge in [-0.05, 0) is 38.5 Å². The molecule has 0 saturated carbocycles. The number of benzene rings is 1. The molecule has 2 heterocycles. The number of carboxylic acid groups (broad SMARTS) is 1. The van der Waals surface area contributed by atoms with Crippen LogP contribution in [0.4, 0.5) is 0 Å². The number of fused-ring (bicyclic) bond motifs is 1. The molecule has 2 atom stereocenters. The molecule has 1 aromatic carbocycles. The minimum atomic E-state index is -0.958. The molecule has 0 radical (unpaired) electrons. The molecule has 19 heavy (non-hydrogen) atoms. The molecule has 1 aliphatic rings. The quantitative estimate of drug-likeness (QED) is 0.889. The Morgan fingerprint density at radius 2 is 2.37 bits per heavy atom. The standard InChI is InChI=1S/C13H15N3O3/c1-8-13(2,5-6-19-8)16-11-4-3-9(12(17)18)7-10(11)14-15-16/h3-4,7-8H,5-6H2,1-2H3,(H,17,18). The molecule has 3 rings (SSSR count). The van der Waals surface area contributed by atoms with E-state index in [1.807, 2.05) is 11.6 Å². The highest BCUT2D eigenvalue weighted by Crippen LogP contribution is 2.34. The summed E-state index contributed by atoms with van der Waals surface area (Å²) in [4.78, 5) is 10.9. The zero-order valence-corrected chi connectivity index (χ0v) is 10.8. The highest BCUT2D eigenvalue weighted by molar-refractivity contribution is 5.92. The summed E-state index contributed by atoms with van der Waals surface area (Å²) in [6.45, 7) is 4.81. The lowest BCUT2D eigenvalue weighted by Crippen LogP contribution is -2.37. The molecule has 100 valence electrons. The monoisotopic (exact) mass is 261 g/mol. The molecular formula is C13H15N3O3. The fourth-order valence-electron chi connectivity index (χ4n) is 2.54. The third-order valence-electron chi connectivity index (χ3n) is 4.03. The molecule has 1 fully saturated rings. The fraction of sp³-hybridized carbons (Fsp3) is 0.462. The summed E-state index contributed by atoms with van der Waals surface area (Å²) in [7, 11) is 0. The van der Waals surface area contributed by atoms with Gasteiger partial charge in [-0.15, -0.1) is 5.10 Å². The highest BCUT2D eigenvalue weighted by Gasteiger charge is 2.40. The number of rotatable bonds is 2. The molecule has 1 aliphatic heterocycles. The Balaban J connectivity index is 2.13. The largest absolute Gasteiger partial charge is 0.478 e. The normalized spacial score (nSPS) is 26.9. The minimum absolute atomic E-state index is 0.0524. The van der Waals surface area contributed by atoms with Crippen molar-refractivity contribution in [3.05, 3.63) is 23.8 Å². The lowest BCUT2D eigenvalue weighted by molar-refractivity contribution is 0.0696. The van der Waals surface area contributed by atoms with Gasteiger partial charge in [-0.1, -0.05) is 5.21 Å². The van der Waals surface area contributed by atoms with Crippen LogP contribution in [0.25, 0.3) is 11.0 Å². The van der Waals surface area contributed by atoms with Gasteiger partial charge in [0.1, 0.15) is 5.52 Å². The van der Waals surface area contributed by atoms with Crippen LogP contribution >= 0.6 is 0 Å². The molecule has 1 saturated heterocycles. The van der Waals surface area contributed by atoms with Crippen LogP contribution in [0.1, 0.15) is 30.6 Å². The van der Waals surface area contributed by atoms with E-state index in [0.29, 0.717) is 12.1 Å². The first-order chi connectivity index (χ1) is 9.02. The van der Waals surface area contributed by atoms with E-state index in [4.69, 9.17) is 9.84 Å². The maximum absolute atomic E-state index is 10.9. The first-order valence-electron chi connectivity index (χ1n) is 6.23. The second kappa shape index (κ2) is 4.03. The van der Waals surface area contributed by atoms with Crippen LogP contribution in [0.3, 0.4) is 0 Å². The van der Waals surface area contributed by atoms with Crippen LogP contribution in [-0.2, 0) is 10.3 Å². The summed E-state index contributed by atoms with van der Waals surface area (Å²) >= 11 is 0. The molecule has 2 aromatic rings. The van der Waals surface area contributed by atoms with E-state index in [0.717, 1.165) is 11.9 Å². The van der Waals surface area contributed by atoms with Gasteiger partial charge in [0.15, 0.2) is 0 Å². The van der Waals surface area contributed by atoms with E-state index in [2.05, 4.69) is 17.2 Å². The first-order valence-corrected chi connectivity index (χ1v) is 6.23. The molecule has 2 unspecified atom stereocenters. The van der Waals surface area contributed by atoms with E-state index >= 15 is 0 Å². The van der Waals surface area contributed by atoms with Gasteiger partial charge in [-0.3, -0.25) is 0 Å². The Morgan fingerprint density at radius 3 is 3.00 bits per heavy atom. The summed E-state index contributed by atoms with van der Waals surface area (Å²) in [6, 6.07) is 4.88. The maximum atomic E-state index is 10.9. The average Bonchev–Trinajstić information content (AvgIpc) is 2.94. The summed E-state index contributed by atoms with van der Waals surface area (Å²) in [5.41, 5.74) is 1.42. The van der Waals surface area contributed by atoms with E-state index in [9.17, 15) is 4.79 Å². The van der Waals surface area contributed by atoms with Crippen molar-refractivity contribution >= 4 is 17.0 Å². The minimum Gasteiger partial charge on any atom is -0.478 e. The lowest BCUT2D eigenvalue weighted by atomic mass is 9.94. The summed E-state index contributed by atoms with van der Waals surface area (Å²) in [5.74, 6) is -0.958. The Hall–Kier alpha value is -1.95. The van der Waals surface area contributed by atoms with E-state index < -0.39 is 5.97 Å². The average molecular weight is 261 g/mol. The smallest absolute Gasteiger partial charge is 0.335 e. The number of aromatic nitrogens is 3. The molecule has 0 amide bonds. The molecule has 6 heteroatoms. The van der Waals surface area contributed by atoms with Gasteiger partial charge in [0.25, 0.3) is 0 Å². The number of nitrogens with zero attached hydrogens (tertiary/aromatic N) is 3. The topological polar surface area (TPSA) is 77.2 Å². The van der Waals surface area contributed by atoms with Crippen LogP contribution in [0.15, 0.2) is 18.2 Å². The van der Waals surface area contributed by atoms with Gasteiger partial charge in [0.05, 0.1) is 22.7 Å². The summed E-state index contributed by atoms with van der Waals surface area (Å²) in [6.07, 6.45) is 0.921. The first kappa shape index (κ1) is 12.1. The van der Waals surface area contributed by atoms with Crippen molar-refractivity contribution in [2.45, 2.75) is 31.9 Å². The van der Waals surface area contributed by atoms with Crippen molar-refractivity contribution in [2.24, 2.45) is 0 Å².